The Bertz CT molecular complexity index is 207. The van der Waals surface area contributed by atoms with E-state index >= 15 is 0 Å². The lowest BCUT2D eigenvalue weighted by atomic mass is 9.88. The minimum atomic E-state index is -0.353. The van der Waals surface area contributed by atoms with Crippen molar-refractivity contribution in [1.82, 2.24) is 4.90 Å². The van der Waals surface area contributed by atoms with E-state index in [9.17, 15) is 5.11 Å². The van der Waals surface area contributed by atoms with E-state index in [1.165, 1.54) is 44.9 Å². The second kappa shape index (κ2) is 8.92. The lowest BCUT2D eigenvalue weighted by molar-refractivity contribution is 0.0151. The lowest BCUT2D eigenvalue weighted by Gasteiger charge is -2.26. The maximum absolute atomic E-state index is 10.6. The van der Waals surface area contributed by atoms with Gasteiger partial charge in [-0.25, -0.2) is 0 Å². The number of hydrogen-bond donors (Lipinski definition) is 1. The molecular weight excluding hydrogens is 222 g/mol. The highest BCUT2D eigenvalue weighted by atomic mass is 16.3. The molecule has 0 spiro atoms. The smallest absolute Gasteiger partial charge is 0.0660 e. The topological polar surface area (TPSA) is 23.5 Å². The number of hydrogen-bond acceptors (Lipinski definition) is 2. The van der Waals surface area contributed by atoms with Gasteiger partial charge in [-0.05, 0) is 39.3 Å². The van der Waals surface area contributed by atoms with Crippen LogP contribution in [0.25, 0.3) is 0 Å². The molecular formula is C16H33NO. The summed E-state index contributed by atoms with van der Waals surface area (Å²) in [6.07, 6.45) is 13.5. The fourth-order valence-electron chi connectivity index (χ4n) is 2.97. The molecule has 2 nitrogen and oxygen atoms in total. The van der Waals surface area contributed by atoms with E-state index in [2.05, 4.69) is 18.9 Å². The Labute approximate surface area is 114 Å². The number of aliphatic hydroxyl groups is 1. The molecule has 1 N–H and O–H groups in total. The van der Waals surface area contributed by atoms with Crippen molar-refractivity contribution in [2.45, 2.75) is 83.2 Å². The van der Waals surface area contributed by atoms with Gasteiger partial charge in [0.2, 0.25) is 0 Å². The number of rotatable bonds is 8. The third-order valence-electron chi connectivity index (χ3n) is 4.39. The Morgan fingerprint density at radius 3 is 2.33 bits per heavy atom. The average molecular weight is 255 g/mol. The molecule has 2 heteroatoms. The third kappa shape index (κ3) is 6.75. The molecule has 1 heterocycles. The van der Waals surface area contributed by atoms with Gasteiger partial charge in [0.05, 0.1) is 5.60 Å². The van der Waals surface area contributed by atoms with Crippen molar-refractivity contribution in [3.63, 3.8) is 0 Å². The van der Waals surface area contributed by atoms with Crippen molar-refractivity contribution >= 4 is 0 Å². The molecule has 1 unspecified atom stereocenters. The molecule has 1 atom stereocenters. The van der Waals surface area contributed by atoms with E-state index in [1.807, 2.05) is 0 Å². The molecule has 0 amide bonds. The summed E-state index contributed by atoms with van der Waals surface area (Å²) < 4.78 is 0. The van der Waals surface area contributed by atoms with Gasteiger partial charge in [0.25, 0.3) is 0 Å². The van der Waals surface area contributed by atoms with Crippen LogP contribution in [-0.4, -0.2) is 35.7 Å². The highest BCUT2D eigenvalue weighted by Crippen LogP contribution is 2.27. The summed E-state index contributed by atoms with van der Waals surface area (Å²) in [5.41, 5.74) is -0.353. The van der Waals surface area contributed by atoms with Crippen LogP contribution >= 0.6 is 0 Å². The normalized spacial score (nSPS) is 26.2. The first-order valence-electron chi connectivity index (χ1n) is 8.07. The summed E-state index contributed by atoms with van der Waals surface area (Å²) in [4.78, 5) is 2.35. The van der Waals surface area contributed by atoms with Crippen molar-refractivity contribution < 1.29 is 5.11 Å². The summed E-state index contributed by atoms with van der Waals surface area (Å²) in [6, 6.07) is 0. The molecule has 0 aromatic rings. The second-order valence-electron chi connectivity index (χ2n) is 6.25. The Kier molecular flexibility index (Phi) is 7.92. The Morgan fingerprint density at radius 1 is 0.944 bits per heavy atom. The van der Waals surface area contributed by atoms with Gasteiger partial charge in [0.1, 0.15) is 0 Å². The maximum Gasteiger partial charge on any atom is 0.0660 e. The van der Waals surface area contributed by atoms with Gasteiger partial charge in [-0.3, -0.25) is 0 Å². The maximum atomic E-state index is 10.6. The number of unbranched alkanes of at least 4 members (excludes halogenated alkanes) is 6. The van der Waals surface area contributed by atoms with Crippen LogP contribution in [0.15, 0.2) is 0 Å². The minimum Gasteiger partial charge on any atom is -0.390 e. The van der Waals surface area contributed by atoms with Gasteiger partial charge < -0.3 is 10.0 Å². The van der Waals surface area contributed by atoms with Crippen molar-refractivity contribution in [1.29, 1.82) is 0 Å². The molecule has 0 bridgehead atoms. The monoisotopic (exact) mass is 255 g/mol. The van der Waals surface area contributed by atoms with E-state index in [0.717, 1.165) is 38.8 Å². The summed E-state index contributed by atoms with van der Waals surface area (Å²) in [5.74, 6) is 0. The zero-order valence-corrected chi connectivity index (χ0v) is 12.6. The molecule has 0 aliphatic carbocycles. The zero-order valence-electron chi connectivity index (χ0n) is 12.6. The fourth-order valence-corrected chi connectivity index (χ4v) is 2.97. The predicted molar refractivity (Wildman–Crippen MR) is 78.9 cm³/mol. The first-order chi connectivity index (χ1) is 8.66. The Balaban J connectivity index is 2.06. The Morgan fingerprint density at radius 2 is 1.61 bits per heavy atom. The molecule has 1 saturated heterocycles. The first-order valence-corrected chi connectivity index (χ1v) is 8.07. The largest absolute Gasteiger partial charge is 0.390 e. The standard InChI is InChI=1S/C16H33NO/c1-3-4-5-6-7-8-9-11-16(18)12-10-14-17(2)15-13-16/h18H,3-15H2,1-2H3. The van der Waals surface area contributed by atoms with E-state index in [4.69, 9.17) is 0 Å². The highest BCUT2D eigenvalue weighted by molar-refractivity contribution is 4.82. The van der Waals surface area contributed by atoms with Gasteiger partial charge in [-0.15, -0.1) is 0 Å². The van der Waals surface area contributed by atoms with Gasteiger partial charge in [0.15, 0.2) is 0 Å². The van der Waals surface area contributed by atoms with Crippen LogP contribution in [0.5, 0.6) is 0 Å². The molecule has 0 aromatic carbocycles. The molecule has 0 aromatic heterocycles. The van der Waals surface area contributed by atoms with E-state index in [-0.39, 0.29) is 5.60 Å². The van der Waals surface area contributed by atoms with Crippen LogP contribution in [0, 0.1) is 0 Å². The van der Waals surface area contributed by atoms with Crippen molar-refractivity contribution in [2.75, 3.05) is 20.1 Å². The zero-order chi connectivity index (χ0) is 13.3. The molecule has 0 radical (unpaired) electrons. The van der Waals surface area contributed by atoms with Gasteiger partial charge in [0, 0.05) is 6.54 Å². The average Bonchev–Trinajstić information content (AvgIpc) is 2.51. The van der Waals surface area contributed by atoms with E-state index in [1.54, 1.807) is 0 Å². The van der Waals surface area contributed by atoms with Gasteiger partial charge in [-0.1, -0.05) is 51.9 Å². The first kappa shape index (κ1) is 16.0. The predicted octanol–water partition coefficient (Wildman–Crippen LogP) is 3.97. The lowest BCUT2D eigenvalue weighted by Crippen LogP contribution is -2.30. The summed E-state index contributed by atoms with van der Waals surface area (Å²) in [7, 11) is 2.17. The number of nitrogens with zero attached hydrogens (tertiary/aromatic N) is 1. The van der Waals surface area contributed by atoms with Crippen LogP contribution in [0.3, 0.4) is 0 Å². The second-order valence-corrected chi connectivity index (χ2v) is 6.25. The third-order valence-corrected chi connectivity index (χ3v) is 4.39. The number of likely N-dealkylation sites (tertiary alicyclic amines) is 1. The van der Waals surface area contributed by atoms with Crippen LogP contribution < -0.4 is 0 Å². The minimum absolute atomic E-state index is 0.353. The molecule has 1 rings (SSSR count). The molecule has 1 aliphatic heterocycles. The van der Waals surface area contributed by atoms with Crippen molar-refractivity contribution in [3.05, 3.63) is 0 Å². The van der Waals surface area contributed by atoms with Crippen molar-refractivity contribution in [2.24, 2.45) is 0 Å². The van der Waals surface area contributed by atoms with E-state index < -0.39 is 0 Å². The molecule has 108 valence electrons. The highest BCUT2D eigenvalue weighted by Gasteiger charge is 2.28. The van der Waals surface area contributed by atoms with Crippen LogP contribution in [0.4, 0.5) is 0 Å². The molecule has 0 saturated carbocycles. The fraction of sp³-hybridized carbons (Fsp3) is 1.00. The Hall–Kier alpha value is -0.0800. The summed E-state index contributed by atoms with van der Waals surface area (Å²) in [6.45, 7) is 4.48. The van der Waals surface area contributed by atoms with Crippen LogP contribution in [0.1, 0.15) is 77.6 Å². The molecule has 18 heavy (non-hydrogen) atoms. The van der Waals surface area contributed by atoms with E-state index in [0.29, 0.717) is 0 Å². The summed E-state index contributed by atoms with van der Waals surface area (Å²) in [5, 5.41) is 10.6. The van der Waals surface area contributed by atoms with Crippen LogP contribution in [-0.2, 0) is 0 Å². The van der Waals surface area contributed by atoms with Crippen LogP contribution in [0.2, 0.25) is 0 Å². The molecule has 1 aliphatic rings. The SMILES string of the molecule is CCCCCCCCCC1(O)CCCN(C)CC1. The van der Waals surface area contributed by atoms with Gasteiger partial charge >= 0.3 is 0 Å². The molecule has 1 fully saturated rings. The van der Waals surface area contributed by atoms with Crippen molar-refractivity contribution in [3.8, 4) is 0 Å². The van der Waals surface area contributed by atoms with Gasteiger partial charge in [-0.2, -0.15) is 0 Å². The summed E-state index contributed by atoms with van der Waals surface area (Å²) >= 11 is 0. The quantitative estimate of drug-likeness (QED) is 0.663.